The second-order valence-corrected chi connectivity index (χ2v) is 4.25. The highest BCUT2D eigenvalue weighted by molar-refractivity contribution is 6.33. The van der Waals surface area contributed by atoms with Crippen LogP contribution in [-0.4, -0.2) is 0 Å². The molecular weight excluding hydrogens is 239 g/mol. The SMILES string of the molecule is Cc1ccc(Cl)c(Nc2cc(F)ccc2N)c1. The summed E-state index contributed by atoms with van der Waals surface area (Å²) in [6.07, 6.45) is 0. The molecule has 0 heterocycles. The monoisotopic (exact) mass is 250 g/mol. The van der Waals surface area contributed by atoms with Crippen molar-refractivity contribution >= 4 is 28.7 Å². The van der Waals surface area contributed by atoms with Gasteiger partial charge in [-0.15, -0.1) is 0 Å². The largest absolute Gasteiger partial charge is 0.397 e. The summed E-state index contributed by atoms with van der Waals surface area (Å²) in [5, 5.41) is 3.59. The van der Waals surface area contributed by atoms with Crippen molar-refractivity contribution in [3.63, 3.8) is 0 Å². The van der Waals surface area contributed by atoms with Crippen LogP contribution in [0.25, 0.3) is 0 Å². The van der Waals surface area contributed by atoms with Crippen LogP contribution < -0.4 is 11.1 Å². The lowest BCUT2D eigenvalue weighted by Gasteiger charge is -2.11. The maximum atomic E-state index is 13.1. The Morgan fingerprint density at radius 1 is 1.12 bits per heavy atom. The first-order valence-corrected chi connectivity index (χ1v) is 5.52. The van der Waals surface area contributed by atoms with Crippen molar-refractivity contribution in [3.8, 4) is 0 Å². The Morgan fingerprint density at radius 2 is 1.88 bits per heavy atom. The number of nitrogens with two attached hydrogens (primary N) is 1. The summed E-state index contributed by atoms with van der Waals surface area (Å²) in [5.74, 6) is -0.342. The summed E-state index contributed by atoms with van der Waals surface area (Å²) in [4.78, 5) is 0. The van der Waals surface area contributed by atoms with Gasteiger partial charge in [-0.2, -0.15) is 0 Å². The number of hydrogen-bond acceptors (Lipinski definition) is 2. The number of anilines is 3. The number of hydrogen-bond donors (Lipinski definition) is 2. The molecule has 0 unspecified atom stereocenters. The standard InChI is InChI=1S/C13H12ClFN2/c1-8-2-4-10(14)12(6-8)17-13-7-9(15)3-5-11(13)16/h2-7,17H,16H2,1H3. The van der Waals surface area contributed by atoms with E-state index in [4.69, 9.17) is 17.3 Å². The Labute approximate surface area is 104 Å². The fourth-order valence-electron chi connectivity index (χ4n) is 1.52. The number of rotatable bonds is 2. The second kappa shape index (κ2) is 4.63. The number of aryl methyl sites for hydroxylation is 1. The maximum absolute atomic E-state index is 13.1. The van der Waals surface area contributed by atoms with Crippen molar-refractivity contribution in [1.29, 1.82) is 0 Å². The number of halogens is 2. The first-order valence-electron chi connectivity index (χ1n) is 5.14. The van der Waals surface area contributed by atoms with Crippen LogP contribution in [0.2, 0.25) is 5.02 Å². The van der Waals surface area contributed by atoms with Gasteiger partial charge in [-0.25, -0.2) is 4.39 Å². The van der Waals surface area contributed by atoms with Gasteiger partial charge in [0, 0.05) is 0 Å². The molecule has 0 fully saturated rings. The predicted octanol–water partition coefficient (Wildman–Crippen LogP) is 4.11. The highest BCUT2D eigenvalue weighted by Crippen LogP contribution is 2.29. The predicted molar refractivity (Wildman–Crippen MR) is 70.3 cm³/mol. The lowest BCUT2D eigenvalue weighted by Crippen LogP contribution is -1.97. The summed E-state index contributed by atoms with van der Waals surface area (Å²) in [6.45, 7) is 1.95. The van der Waals surface area contributed by atoms with E-state index >= 15 is 0 Å². The molecule has 0 aliphatic carbocycles. The van der Waals surface area contributed by atoms with E-state index in [0.29, 0.717) is 22.1 Å². The normalized spacial score (nSPS) is 10.3. The molecule has 2 rings (SSSR count). The molecule has 0 amide bonds. The molecular formula is C13H12ClFN2. The minimum Gasteiger partial charge on any atom is -0.397 e. The fraction of sp³-hybridized carbons (Fsp3) is 0.0769. The van der Waals surface area contributed by atoms with Gasteiger partial charge in [0.05, 0.1) is 22.1 Å². The average Bonchev–Trinajstić information content (AvgIpc) is 2.28. The average molecular weight is 251 g/mol. The van der Waals surface area contributed by atoms with Crippen LogP contribution in [0, 0.1) is 12.7 Å². The van der Waals surface area contributed by atoms with Gasteiger partial charge in [-0.3, -0.25) is 0 Å². The third-order valence-electron chi connectivity index (χ3n) is 2.41. The number of nitrogen functional groups attached to an aromatic ring is 1. The molecule has 4 heteroatoms. The van der Waals surface area contributed by atoms with E-state index < -0.39 is 0 Å². The molecule has 0 bridgehead atoms. The molecule has 2 aromatic carbocycles. The summed E-state index contributed by atoms with van der Waals surface area (Å²) < 4.78 is 13.1. The minimum atomic E-state index is -0.342. The summed E-state index contributed by atoms with van der Waals surface area (Å²) >= 11 is 6.04. The van der Waals surface area contributed by atoms with E-state index in [2.05, 4.69) is 5.32 Å². The lowest BCUT2D eigenvalue weighted by atomic mass is 10.2. The Kier molecular flexibility index (Phi) is 3.20. The molecule has 0 aliphatic rings. The van der Waals surface area contributed by atoms with Crippen LogP contribution in [0.1, 0.15) is 5.56 Å². The van der Waals surface area contributed by atoms with Crippen LogP contribution in [-0.2, 0) is 0 Å². The second-order valence-electron chi connectivity index (χ2n) is 3.84. The lowest BCUT2D eigenvalue weighted by molar-refractivity contribution is 0.628. The molecule has 0 atom stereocenters. The van der Waals surface area contributed by atoms with Gasteiger partial charge >= 0.3 is 0 Å². The Hall–Kier alpha value is -1.74. The van der Waals surface area contributed by atoms with E-state index in [1.807, 2.05) is 19.1 Å². The molecule has 17 heavy (non-hydrogen) atoms. The molecule has 0 saturated carbocycles. The van der Waals surface area contributed by atoms with Crippen LogP contribution in [0.5, 0.6) is 0 Å². The highest BCUT2D eigenvalue weighted by atomic mass is 35.5. The van der Waals surface area contributed by atoms with Crippen LogP contribution in [0.15, 0.2) is 36.4 Å². The molecule has 88 valence electrons. The van der Waals surface area contributed by atoms with Gasteiger partial charge in [0.25, 0.3) is 0 Å². The molecule has 0 aliphatic heterocycles. The van der Waals surface area contributed by atoms with E-state index in [9.17, 15) is 4.39 Å². The van der Waals surface area contributed by atoms with Crippen molar-refractivity contribution in [3.05, 3.63) is 52.8 Å². The highest BCUT2D eigenvalue weighted by Gasteiger charge is 2.05. The van der Waals surface area contributed by atoms with Crippen molar-refractivity contribution in [2.45, 2.75) is 6.92 Å². The first kappa shape index (κ1) is 11.7. The first-order chi connectivity index (χ1) is 8.06. The van der Waals surface area contributed by atoms with Crippen molar-refractivity contribution in [1.82, 2.24) is 0 Å². The summed E-state index contributed by atoms with van der Waals surface area (Å²) in [7, 11) is 0. The van der Waals surface area contributed by atoms with E-state index in [1.165, 1.54) is 18.2 Å². The molecule has 2 nitrogen and oxygen atoms in total. The Morgan fingerprint density at radius 3 is 2.65 bits per heavy atom. The smallest absolute Gasteiger partial charge is 0.125 e. The van der Waals surface area contributed by atoms with E-state index in [0.717, 1.165) is 5.56 Å². The fourth-order valence-corrected chi connectivity index (χ4v) is 1.68. The third-order valence-corrected chi connectivity index (χ3v) is 2.74. The molecule has 0 saturated heterocycles. The maximum Gasteiger partial charge on any atom is 0.125 e. The molecule has 0 radical (unpaired) electrons. The quantitative estimate of drug-likeness (QED) is 0.787. The Balaban J connectivity index is 2.37. The topological polar surface area (TPSA) is 38.0 Å². The molecule has 0 aromatic heterocycles. The molecule has 3 N–H and O–H groups in total. The van der Waals surface area contributed by atoms with Crippen LogP contribution in [0.3, 0.4) is 0 Å². The zero-order valence-corrected chi connectivity index (χ0v) is 10.1. The van der Waals surface area contributed by atoms with Crippen molar-refractivity contribution in [2.24, 2.45) is 0 Å². The zero-order valence-electron chi connectivity index (χ0n) is 9.30. The molecule has 2 aromatic rings. The van der Waals surface area contributed by atoms with Crippen molar-refractivity contribution < 1.29 is 4.39 Å². The van der Waals surface area contributed by atoms with Crippen LogP contribution >= 0.6 is 11.6 Å². The van der Waals surface area contributed by atoms with Gasteiger partial charge in [0.1, 0.15) is 5.82 Å². The van der Waals surface area contributed by atoms with Gasteiger partial charge in [-0.1, -0.05) is 17.7 Å². The zero-order chi connectivity index (χ0) is 12.4. The Bertz CT molecular complexity index is 506. The van der Waals surface area contributed by atoms with E-state index in [-0.39, 0.29) is 5.82 Å². The van der Waals surface area contributed by atoms with Gasteiger partial charge < -0.3 is 11.1 Å². The van der Waals surface area contributed by atoms with Gasteiger partial charge in [0.2, 0.25) is 0 Å². The van der Waals surface area contributed by atoms with Gasteiger partial charge in [0.15, 0.2) is 0 Å². The van der Waals surface area contributed by atoms with E-state index in [1.54, 1.807) is 6.07 Å². The third kappa shape index (κ3) is 2.68. The van der Waals surface area contributed by atoms with Gasteiger partial charge in [-0.05, 0) is 42.8 Å². The number of benzene rings is 2. The number of nitrogens with one attached hydrogen (secondary N) is 1. The summed E-state index contributed by atoms with van der Waals surface area (Å²) in [6, 6.07) is 9.75. The van der Waals surface area contributed by atoms with Crippen LogP contribution in [0.4, 0.5) is 21.5 Å². The summed E-state index contributed by atoms with van der Waals surface area (Å²) in [5.41, 5.74) is 8.51. The molecule has 0 spiro atoms. The van der Waals surface area contributed by atoms with Crippen molar-refractivity contribution in [2.75, 3.05) is 11.1 Å². The minimum absolute atomic E-state index is 0.342.